The van der Waals surface area contributed by atoms with E-state index in [9.17, 15) is 15.3 Å². The highest BCUT2D eigenvalue weighted by atomic mass is 16.4. The zero-order valence-electron chi connectivity index (χ0n) is 6.72. The molecule has 12 heavy (non-hydrogen) atoms. The van der Waals surface area contributed by atoms with Gasteiger partial charge < -0.3 is 25.7 Å². The molecule has 0 unspecified atom stereocenters. The van der Waals surface area contributed by atoms with Gasteiger partial charge in [0.2, 0.25) is 0 Å². The van der Waals surface area contributed by atoms with E-state index < -0.39 is 24.4 Å². The molecule has 0 aromatic rings. The molecule has 1 aliphatic heterocycles. The van der Waals surface area contributed by atoms with Gasteiger partial charge in [0.25, 0.3) is 0 Å². The van der Waals surface area contributed by atoms with Gasteiger partial charge in [0.1, 0.15) is 6.10 Å². The van der Waals surface area contributed by atoms with Crippen LogP contribution in [0.1, 0.15) is 6.42 Å². The van der Waals surface area contributed by atoms with Gasteiger partial charge in [-0.15, -0.1) is 0 Å². The molecule has 0 spiro atoms. The molecule has 0 bridgehead atoms. The lowest BCUT2D eigenvalue weighted by Gasteiger charge is -2.24. The van der Waals surface area contributed by atoms with E-state index in [4.69, 9.17) is 5.11 Å². The third kappa shape index (κ3) is 1.94. The molecule has 1 saturated heterocycles. The molecule has 1 aliphatic rings. The van der Waals surface area contributed by atoms with Crippen LogP contribution in [-0.4, -0.2) is 57.9 Å². The van der Waals surface area contributed by atoms with E-state index in [0.717, 1.165) is 0 Å². The van der Waals surface area contributed by atoms with E-state index in [1.807, 2.05) is 0 Å². The third-order valence-electron chi connectivity index (χ3n) is 2.20. The summed E-state index contributed by atoms with van der Waals surface area (Å²) >= 11 is 0. The molecule has 0 aliphatic carbocycles. The minimum absolute atomic E-state index is 0.245. The van der Waals surface area contributed by atoms with Crippen molar-refractivity contribution in [1.82, 2.24) is 5.32 Å². The van der Waals surface area contributed by atoms with Crippen LogP contribution in [0.3, 0.4) is 0 Å². The van der Waals surface area contributed by atoms with E-state index >= 15 is 0 Å². The average Bonchev–Trinajstić information content (AvgIpc) is 2.19. The normalized spacial score (nSPS) is 44.0. The zero-order chi connectivity index (χ0) is 9.14. The second-order valence-corrected chi connectivity index (χ2v) is 3.08. The molecule has 1 heterocycles. The Kier molecular flexibility index (Phi) is 3.42. The molecular weight excluding hydrogens is 162 g/mol. The maximum atomic E-state index is 9.36. The first-order valence-electron chi connectivity index (χ1n) is 4.05. The van der Waals surface area contributed by atoms with Gasteiger partial charge in [-0.1, -0.05) is 0 Å². The average molecular weight is 177 g/mol. The first kappa shape index (κ1) is 9.88. The smallest absolute Gasteiger partial charge is 0.107 e. The lowest BCUT2D eigenvalue weighted by Crippen LogP contribution is -2.48. The van der Waals surface area contributed by atoms with Crippen molar-refractivity contribution in [2.75, 3.05) is 13.2 Å². The van der Waals surface area contributed by atoms with E-state index in [1.165, 1.54) is 0 Å². The summed E-state index contributed by atoms with van der Waals surface area (Å²) in [7, 11) is 0. The Morgan fingerprint density at radius 2 is 1.83 bits per heavy atom. The largest absolute Gasteiger partial charge is 0.395 e. The SMILES string of the molecule is OC[C@@H]1NCC[C@H](O)[C@@H](O)[C@@H]1O. The Morgan fingerprint density at radius 3 is 2.42 bits per heavy atom. The van der Waals surface area contributed by atoms with Crippen molar-refractivity contribution < 1.29 is 20.4 Å². The standard InChI is InChI=1S/C7H15NO4/c9-3-4-6(11)7(12)5(10)1-2-8-4/h4-12H,1-3H2/t4-,5-,6+,7+/m0/s1. The Hall–Kier alpha value is -0.200. The van der Waals surface area contributed by atoms with Crippen molar-refractivity contribution in [3.8, 4) is 0 Å². The summed E-state index contributed by atoms with van der Waals surface area (Å²) in [5, 5.41) is 39.4. The highest BCUT2D eigenvalue weighted by molar-refractivity contribution is 4.88. The molecule has 5 N–H and O–H groups in total. The fourth-order valence-electron chi connectivity index (χ4n) is 1.35. The number of rotatable bonds is 1. The lowest BCUT2D eigenvalue weighted by atomic mass is 10.0. The van der Waals surface area contributed by atoms with Gasteiger partial charge in [-0.3, -0.25) is 0 Å². The molecule has 72 valence electrons. The van der Waals surface area contributed by atoms with E-state index in [0.29, 0.717) is 13.0 Å². The van der Waals surface area contributed by atoms with Crippen LogP contribution in [0.25, 0.3) is 0 Å². The molecule has 5 nitrogen and oxygen atoms in total. The number of hydrogen-bond donors (Lipinski definition) is 5. The van der Waals surface area contributed by atoms with Crippen molar-refractivity contribution in [3.63, 3.8) is 0 Å². The zero-order valence-corrected chi connectivity index (χ0v) is 6.72. The van der Waals surface area contributed by atoms with Crippen molar-refractivity contribution in [2.45, 2.75) is 30.8 Å². The summed E-state index contributed by atoms with van der Waals surface area (Å²) in [5.41, 5.74) is 0. The third-order valence-corrected chi connectivity index (χ3v) is 2.20. The molecular formula is C7H15NO4. The monoisotopic (exact) mass is 177 g/mol. The molecule has 0 saturated carbocycles. The number of aliphatic hydroxyl groups excluding tert-OH is 4. The second-order valence-electron chi connectivity index (χ2n) is 3.08. The van der Waals surface area contributed by atoms with Gasteiger partial charge in [0.15, 0.2) is 0 Å². The van der Waals surface area contributed by atoms with Gasteiger partial charge in [-0.25, -0.2) is 0 Å². The van der Waals surface area contributed by atoms with Crippen molar-refractivity contribution in [3.05, 3.63) is 0 Å². The minimum Gasteiger partial charge on any atom is -0.395 e. The summed E-state index contributed by atoms with van der Waals surface area (Å²) in [5.74, 6) is 0. The van der Waals surface area contributed by atoms with Gasteiger partial charge in [0.05, 0.1) is 24.9 Å². The predicted octanol–water partition coefficient (Wildman–Crippen LogP) is -2.58. The summed E-state index contributed by atoms with van der Waals surface area (Å²) in [6.07, 6.45) is -2.80. The number of hydrogen-bond acceptors (Lipinski definition) is 5. The van der Waals surface area contributed by atoms with Crippen LogP contribution in [0.15, 0.2) is 0 Å². The summed E-state index contributed by atoms with van der Waals surface area (Å²) in [4.78, 5) is 0. The fraction of sp³-hybridized carbons (Fsp3) is 1.00. The van der Waals surface area contributed by atoms with Crippen LogP contribution in [0.4, 0.5) is 0 Å². The van der Waals surface area contributed by atoms with Gasteiger partial charge in [0, 0.05) is 0 Å². The molecule has 0 aromatic heterocycles. The van der Waals surface area contributed by atoms with Crippen LogP contribution in [0, 0.1) is 0 Å². The Bertz CT molecular complexity index is 141. The number of nitrogens with one attached hydrogen (secondary N) is 1. The highest BCUT2D eigenvalue weighted by Gasteiger charge is 2.33. The molecule has 0 aromatic carbocycles. The number of aliphatic hydroxyl groups is 4. The Morgan fingerprint density at radius 1 is 1.17 bits per heavy atom. The van der Waals surface area contributed by atoms with E-state index in [-0.39, 0.29) is 6.61 Å². The minimum atomic E-state index is -1.17. The summed E-state index contributed by atoms with van der Waals surface area (Å²) < 4.78 is 0. The quantitative estimate of drug-likeness (QED) is 0.303. The second kappa shape index (κ2) is 4.15. The van der Waals surface area contributed by atoms with Crippen molar-refractivity contribution >= 4 is 0 Å². The van der Waals surface area contributed by atoms with Crippen LogP contribution in [-0.2, 0) is 0 Å². The van der Waals surface area contributed by atoms with Gasteiger partial charge in [-0.2, -0.15) is 0 Å². The van der Waals surface area contributed by atoms with Crippen LogP contribution >= 0.6 is 0 Å². The van der Waals surface area contributed by atoms with E-state index in [2.05, 4.69) is 5.32 Å². The molecule has 1 rings (SSSR count). The molecule has 0 radical (unpaired) electrons. The molecule has 5 heteroatoms. The summed E-state index contributed by atoms with van der Waals surface area (Å²) in [6.45, 7) is 0.242. The van der Waals surface area contributed by atoms with Gasteiger partial charge in [-0.05, 0) is 13.0 Å². The molecule has 4 atom stereocenters. The van der Waals surface area contributed by atoms with Gasteiger partial charge >= 0.3 is 0 Å². The van der Waals surface area contributed by atoms with Crippen LogP contribution < -0.4 is 5.32 Å². The topological polar surface area (TPSA) is 93.0 Å². The van der Waals surface area contributed by atoms with Crippen molar-refractivity contribution in [1.29, 1.82) is 0 Å². The first-order valence-corrected chi connectivity index (χ1v) is 4.05. The Balaban J connectivity index is 2.59. The molecule has 0 amide bonds. The van der Waals surface area contributed by atoms with Crippen LogP contribution in [0.5, 0.6) is 0 Å². The summed E-state index contributed by atoms with van der Waals surface area (Å²) in [6, 6.07) is -0.544. The Labute approximate surface area is 70.6 Å². The maximum Gasteiger partial charge on any atom is 0.107 e. The first-order chi connectivity index (χ1) is 5.66. The highest BCUT2D eigenvalue weighted by Crippen LogP contribution is 2.11. The predicted molar refractivity (Wildman–Crippen MR) is 41.5 cm³/mol. The lowest BCUT2D eigenvalue weighted by molar-refractivity contribution is -0.0674. The van der Waals surface area contributed by atoms with E-state index in [1.54, 1.807) is 0 Å². The fourth-order valence-corrected chi connectivity index (χ4v) is 1.35. The van der Waals surface area contributed by atoms with Crippen molar-refractivity contribution in [2.24, 2.45) is 0 Å². The molecule has 1 fully saturated rings. The van der Waals surface area contributed by atoms with Crippen LogP contribution in [0.2, 0.25) is 0 Å². The maximum absolute atomic E-state index is 9.36.